The fourth-order valence-corrected chi connectivity index (χ4v) is 2.35. The van der Waals surface area contributed by atoms with Crippen molar-refractivity contribution in [2.24, 2.45) is 5.92 Å². The van der Waals surface area contributed by atoms with Crippen LogP contribution in [0, 0.1) is 12.8 Å². The van der Waals surface area contributed by atoms with Gasteiger partial charge >= 0.3 is 0 Å². The number of rotatable bonds is 10. The zero-order valence-corrected chi connectivity index (χ0v) is 13.6. The molecule has 0 saturated heterocycles. The van der Waals surface area contributed by atoms with Crippen LogP contribution in [0.1, 0.15) is 57.2 Å². The maximum Gasteiger partial charge on any atom is 0.0661 e. The third kappa shape index (κ3) is 6.53. The van der Waals surface area contributed by atoms with Gasteiger partial charge in [-0.15, -0.1) is 0 Å². The second-order valence-corrected chi connectivity index (χ2v) is 5.85. The lowest BCUT2D eigenvalue weighted by molar-refractivity contribution is 0.0832. The largest absolute Gasteiger partial charge is 0.379 e. The van der Waals surface area contributed by atoms with Crippen LogP contribution in [0.3, 0.4) is 0 Å². The first kappa shape index (κ1) is 17.2. The summed E-state index contributed by atoms with van der Waals surface area (Å²) >= 11 is 0. The van der Waals surface area contributed by atoms with Crippen molar-refractivity contribution in [2.45, 2.75) is 53.0 Å². The van der Waals surface area contributed by atoms with Crippen molar-refractivity contribution < 1.29 is 4.74 Å². The Bertz CT molecular complexity index is 347. The summed E-state index contributed by atoms with van der Waals surface area (Å²) in [5.41, 5.74) is 2.63. The molecule has 0 saturated carbocycles. The highest BCUT2D eigenvalue weighted by Gasteiger charge is 2.11. The summed E-state index contributed by atoms with van der Waals surface area (Å²) in [6.45, 7) is 11.5. The number of benzene rings is 1. The van der Waals surface area contributed by atoms with Crippen LogP contribution in [0.2, 0.25) is 0 Å². The lowest BCUT2D eigenvalue weighted by atomic mass is 10.1. The summed E-state index contributed by atoms with van der Waals surface area (Å²) in [5, 5.41) is 3.59. The minimum Gasteiger partial charge on any atom is -0.379 e. The van der Waals surface area contributed by atoms with Crippen molar-refractivity contribution >= 4 is 0 Å². The SMILES string of the molecule is CCCNC(COCC(C)CCC)c1ccc(C)cc1. The van der Waals surface area contributed by atoms with E-state index in [4.69, 9.17) is 4.74 Å². The van der Waals surface area contributed by atoms with Crippen molar-refractivity contribution in [3.8, 4) is 0 Å². The van der Waals surface area contributed by atoms with Crippen LogP contribution in [-0.2, 0) is 4.74 Å². The molecular weight excluding hydrogens is 246 g/mol. The lowest BCUT2D eigenvalue weighted by Crippen LogP contribution is -2.27. The topological polar surface area (TPSA) is 21.3 Å². The number of aryl methyl sites for hydroxylation is 1. The Balaban J connectivity index is 2.49. The predicted octanol–water partition coefficient (Wildman–Crippen LogP) is 4.49. The first-order valence-corrected chi connectivity index (χ1v) is 8.05. The molecule has 0 heterocycles. The van der Waals surface area contributed by atoms with E-state index in [-0.39, 0.29) is 0 Å². The first-order chi connectivity index (χ1) is 9.67. The van der Waals surface area contributed by atoms with E-state index in [0.29, 0.717) is 12.0 Å². The van der Waals surface area contributed by atoms with Crippen molar-refractivity contribution in [3.63, 3.8) is 0 Å². The molecule has 0 amide bonds. The summed E-state index contributed by atoms with van der Waals surface area (Å²) in [5.74, 6) is 0.657. The molecule has 0 aliphatic heterocycles. The van der Waals surface area contributed by atoms with Gasteiger partial charge in [0.1, 0.15) is 0 Å². The summed E-state index contributed by atoms with van der Waals surface area (Å²) in [6.07, 6.45) is 3.63. The Morgan fingerprint density at radius 2 is 1.75 bits per heavy atom. The molecule has 0 radical (unpaired) electrons. The number of ether oxygens (including phenoxy) is 1. The molecule has 2 unspecified atom stereocenters. The molecule has 114 valence electrons. The fourth-order valence-electron chi connectivity index (χ4n) is 2.35. The molecule has 0 aromatic heterocycles. The van der Waals surface area contributed by atoms with E-state index in [1.807, 2.05) is 0 Å². The molecule has 0 aliphatic rings. The van der Waals surface area contributed by atoms with E-state index in [9.17, 15) is 0 Å². The van der Waals surface area contributed by atoms with Crippen molar-refractivity contribution in [3.05, 3.63) is 35.4 Å². The molecule has 0 fully saturated rings. The quantitative estimate of drug-likeness (QED) is 0.680. The molecule has 0 aliphatic carbocycles. The molecule has 2 heteroatoms. The Hall–Kier alpha value is -0.860. The molecule has 1 aromatic rings. The highest BCUT2D eigenvalue weighted by molar-refractivity contribution is 5.24. The Morgan fingerprint density at radius 1 is 1.05 bits per heavy atom. The average molecular weight is 277 g/mol. The summed E-state index contributed by atoms with van der Waals surface area (Å²) < 4.78 is 5.93. The third-order valence-corrected chi connectivity index (χ3v) is 3.59. The van der Waals surface area contributed by atoms with Gasteiger partial charge in [0, 0.05) is 6.61 Å². The third-order valence-electron chi connectivity index (χ3n) is 3.59. The molecule has 1 rings (SSSR count). The standard InChI is InChI=1S/C18H31NO/c1-5-7-16(4)13-20-14-18(19-12-6-2)17-10-8-15(3)9-11-17/h8-11,16,18-19H,5-7,12-14H2,1-4H3. The van der Waals surface area contributed by atoms with Crippen molar-refractivity contribution in [1.29, 1.82) is 0 Å². The summed E-state index contributed by atoms with van der Waals surface area (Å²) in [6, 6.07) is 9.08. The Labute approximate surface area is 124 Å². The lowest BCUT2D eigenvalue weighted by Gasteiger charge is -2.20. The van der Waals surface area contributed by atoms with Crippen LogP contribution >= 0.6 is 0 Å². The van der Waals surface area contributed by atoms with Gasteiger partial charge in [-0.1, -0.05) is 57.0 Å². The van der Waals surface area contributed by atoms with Crippen molar-refractivity contribution in [2.75, 3.05) is 19.8 Å². The minimum atomic E-state index is 0.310. The van der Waals surface area contributed by atoms with E-state index >= 15 is 0 Å². The van der Waals surface area contributed by atoms with Gasteiger partial charge < -0.3 is 10.1 Å². The van der Waals surface area contributed by atoms with Gasteiger partial charge in [0.25, 0.3) is 0 Å². The van der Waals surface area contributed by atoms with Gasteiger partial charge in [0.2, 0.25) is 0 Å². The van der Waals surface area contributed by atoms with Gasteiger partial charge in [-0.3, -0.25) is 0 Å². The molecule has 1 aromatic carbocycles. The van der Waals surface area contributed by atoms with Crippen LogP contribution in [0.15, 0.2) is 24.3 Å². The van der Waals surface area contributed by atoms with Crippen LogP contribution in [-0.4, -0.2) is 19.8 Å². The van der Waals surface area contributed by atoms with E-state index in [1.165, 1.54) is 24.0 Å². The molecule has 0 bridgehead atoms. The van der Waals surface area contributed by atoms with E-state index in [1.54, 1.807) is 0 Å². The maximum atomic E-state index is 5.93. The minimum absolute atomic E-state index is 0.310. The first-order valence-electron chi connectivity index (χ1n) is 8.05. The van der Waals surface area contributed by atoms with E-state index in [0.717, 1.165) is 26.2 Å². The smallest absolute Gasteiger partial charge is 0.0661 e. The van der Waals surface area contributed by atoms with Crippen LogP contribution < -0.4 is 5.32 Å². The normalized spacial score (nSPS) is 14.2. The monoisotopic (exact) mass is 277 g/mol. The number of hydrogen-bond acceptors (Lipinski definition) is 2. The summed E-state index contributed by atoms with van der Waals surface area (Å²) in [7, 11) is 0. The van der Waals surface area contributed by atoms with Gasteiger partial charge in [0.15, 0.2) is 0 Å². The molecule has 20 heavy (non-hydrogen) atoms. The van der Waals surface area contributed by atoms with Gasteiger partial charge in [-0.25, -0.2) is 0 Å². The van der Waals surface area contributed by atoms with Gasteiger partial charge in [-0.05, 0) is 37.8 Å². The van der Waals surface area contributed by atoms with E-state index < -0.39 is 0 Å². The molecule has 2 nitrogen and oxygen atoms in total. The van der Waals surface area contributed by atoms with Gasteiger partial charge in [0.05, 0.1) is 12.6 Å². The molecular formula is C18H31NO. The zero-order valence-electron chi connectivity index (χ0n) is 13.6. The second-order valence-electron chi connectivity index (χ2n) is 5.85. The number of hydrogen-bond donors (Lipinski definition) is 1. The van der Waals surface area contributed by atoms with Crippen LogP contribution in [0.5, 0.6) is 0 Å². The van der Waals surface area contributed by atoms with E-state index in [2.05, 4.69) is 57.3 Å². The highest BCUT2D eigenvalue weighted by atomic mass is 16.5. The molecule has 0 spiro atoms. The van der Waals surface area contributed by atoms with Crippen LogP contribution in [0.4, 0.5) is 0 Å². The predicted molar refractivity (Wildman–Crippen MR) is 87.1 cm³/mol. The maximum absolute atomic E-state index is 5.93. The zero-order chi connectivity index (χ0) is 14.8. The fraction of sp³-hybridized carbons (Fsp3) is 0.667. The Kier molecular flexibility index (Phi) is 8.56. The van der Waals surface area contributed by atoms with Crippen molar-refractivity contribution in [1.82, 2.24) is 5.32 Å². The molecule has 2 atom stereocenters. The summed E-state index contributed by atoms with van der Waals surface area (Å²) in [4.78, 5) is 0. The average Bonchev–Trinajstić information content (AvgIpc) is 2.44. The second kappa shape index (κ2) is 9.95. The molecule has 1 N–H and O–H groups in total. The Morgan fingerprint density at radius 3 is 2.35 bits per heavy atom. The van der Waals surface area contributed by atoms with Gasteiger partial charge in [-0.2, -0.15) is 0 Å². The number of nitrogens with one attached hydrogen (secondary N) is 1. The highest BCUT2D eigenvalue weighted by Crippen LogP contribution is 2.15. The van der Waals surface area contributed by atoms with Crippen LogP contribution in [0.25, 0.3) is 0 Å².